The van der Waals surface area contributed by atoms with Gasteiger partial charge in [0.1, 0.15) is 22.6 Å². The molecule has 3 heterocycles. The molecule has 122 valence electrons. The van der Waals surface area contributed by atoms with E-state index in [9.17, 15) is 14.7 Å². The maximum absolute atomic E-state index is 12.2. The van der Waals surface area contributed by atoms with Crippen molar-refractivity contribution in [2.75, 3.05) is 6.54 Å². The maximum Gasteiger partial charge on any atom is 0.322 e. The van der Waals surface area contributed by atoms with Crippen LogP contribution in [-0.4, -0.2) is 48.0 Å². The van der Waals surface area contributed by atoms with Crippen LogP contribution in [0, 0.1) is 6.92 Å². The lowest BCUT2D eigenvalue weighted by Gasteiger charge is -2.09. The fourth-order valence-electron chi connectivity index (χ4n) is 2.14. The van der Waals surface area contributed by atoms with Crippen molar-refractivity contribution >= 4 is 33.5 Å². The number of aromatic nitrogens is 4. The molecule has 0 saturated carbocycles. The number of hydrogen-bond acceptors (Lipinski definition) is 8. The van der Waals surface area contributed by atoms with E-state index in [1.807, 2.05) is 0 Å². The molecule has 3 N–H and O–H groups in total. The van der Waals surface area contributed by atoms with Crippen molar-refractivity contribution in [3.63, 3.8) is 0 Å². The van der Waals surface area contributed by atoms with Crippen LogP contribution in [-0.2, 0) is 4.79 Å². The zero-order chi connectivity index (χ0) is 17.3. The zero-order valence-corrected chi connectivity index (χ0v) is 13.2. The van der Waals surface area contributed by atoms with E-state index in [1.165, 1.54) is 18.6 Å². The number of carbonyl (C=O) groups excluding carboxylic acids is 1. The van der Waals surface area contributed by atoms with E-state index in [0.29, 0.717) is 27.2 Å². The number of carboxylic acid groups (broad SMARTS) is 1. The van der Waals surface area contributed by atoms with Crippen LogP contribution in [0.5, 0.6) is 5.75 Å². The average molecular weight is 345 g/mol. The van der Waals surface area contributed by atoms with Crippen molar-refractivity contribution in [3.8, 4) is 17.1 Å². The first kappa shape index (κ1) is 15.7. The Balaban J connectivity index is 2.20. The molecule has 9 nitrogen and oxygen atoms in total. The van der Waals surface area contributed by atoms with Gasteiger partial charge in [-0.1, -0.05) is 0 Å². The van der Waals surface area contributed by atoms with Gasteiger partial charge >= 0.3 is 5.97 Å². The molecule has 3 rings (SSSR count). The summed E-state index contributed by atoms with van der Waals surface area (Å²) >= 11 is 1.02. The first-order chi connectivity index (χ1) is 11.5. The zero-order valence-electron chi connectivity index (χ0n) is 12.3. The third-order valence-corrected chi connectivity index (χ3v) is 4.13. The van der Waals surface area contributed by atoms with Crippen LogP contribution in [0.4, 0.5) is 0 Å². The molecule has 0 bridgehead atoms. The number of rotatable bonds is 4. The van der Waals surface area contributed by atoms with Crippen molar-refractivity contribution in [1.82, 2.24) is 24.6 Å². The lowest BCUT2D eigenvalue weighted by Crippen LogP contribution is -2.30. The van der Waals surface area contributed by atoms with E-state index in [1.54, 1.807) is 6.92 Å². The molecule has 0 aromatic carbocycles. The normalized spacial score (nSPS) is 10.7. The van der Waals surface area contributed by atoms with Crippen LogP contribution < -0.4 is 5.32 Å². The number of amides is 1. The number of carboxylic acids is 1. The molecule has 0 atom stereocenters. The van der Waals surface area contributed by atoms with Gasteiger partial charge in [-0.15, -0.1) is 0 Å². The third kappa shape index (κ3) is 2.74. The monoisotopic (exact) mass is 345 g/mol. The second-order valence-electron chi connectivity index (χ2n) is 4.80. The van der Waals surface area contributed by atoms with E-state index in [-0.39, 0.29) is 11.4 Å². The van der Waals surface area contributed by atoms with E-state index in [4.69, 9.17) is 5.11 Å². The van der Waals surface area contributed by atoms with E-state index in [2.05, 4.69) is 24.6 Å². The fraction of sp³-hybridized carbons (Fsp3) is 0.143. The van der Waals surface area contributed by atoms with Crippen molar-refractivity contribution in [2.24, 2.45) is 0 Å². The number of aryl methyl sites for hydroxylation is 1. The minimum absolute atomic E-state index is 0.284. The predicted molar refractivity (Wildman–Crippen MR) is 84.8 cm³/mol. The van der Waals surface area contributed by atoms with E-state index < -0.39 is 18.4 Å². The molecular weight excluding hydrogens is 334 g/mol. The second-order valence-corrected chi connectivity index (χ2v) is 5.57. The van der Waals surface area contributed by atoms with E-state index >= 15 is 0 Å². The largest absolute Gasteiger partial charge is 0.504 e. The Labute approximate surface area is 139 Å². The lowest BCUT2D eigenvalue weighted by molar-refractivity contribution is -0.135. The van der Waals surface area contributed by atoms with Crippen LogP contribution in [0.15, 0.2) is 18.6 Å². The summed E-state index contributed by atoms with van der Waals surface area (Å²) in [5, 5.41) is 21.7. The van der Waals surface area contributed by atoms with Gasteiger partial charge < -0.3 is 15.5 Å². The number of carbonyl (C=O) groups is 2. The summed E-state index contributed by atoms with van der Waals surface area (Å²) in [6, 6.07) is 0. The Morgan fingerprint density at radius 1 is 1.33 bits per heavy atom. The molecule has 0 spiro atoms. The number of fused-ring (bicyclic) bond motifs is 1. The molecule has 0 unspecified atom stereocenters. The minimum Gasteiger partial charge on any atom is -0.504 e. The molecule has 10 heteroatoms. The predicted octanol–water partition coefficient (Wildman–Crippen LogP) is 0.977. The maximum atomic E-state index is 12.2. The summed E-state index contributed by atoms with van der Waals surface area (Å²) < 4.78 is 4.56. The summed E-state index contributed by atoms with van der Waals surface area (Å²) in [7, 11) is 0. The molecule has 0 saturated heterocycles. The number of hydrogen-bond donors (Lipinski definition) is 3. The fourth-order valence-corrected chi connectivity index (χ4v) is 2.98. The Morgan fingerprint density at radius 3 is 2.79 bits per heavy atom. The number of nitrogens with one attached hydrogen (secondary N) is 1. The molecule has 1 amide bonds. The van der Waals surface area contributed by atoms with Gasteiger partial charge in [-0.3, -0.25) is 19.6 Å². The highest BCUT2D eigenvalue weighted by Gasteiger charge is 2.23. The van der Waals surface area contributed by atoms with Crippen LogP contribution in [0.3, 0.4) is 0 Å². The molecule has 0 aliphatic carbocycles. The van der Waals surface area contributed by atoms with Gasteiger partial charge in [0, 0.05) is 17.8 Å². The molecule has 0 radical (unpaired) electrons. The van der Waals surface area contributed by atoms with Crippen molar-refractivity contribution in [2.45, 2.75) is 6.92 Å². The minimum atomic E-state index is -1.20. The van der Waals surface area contributed by atoms with Crippen LogP contribution in [0.25, 0.3) is 21.5 Å². The third-order valence-electron chi connectivity index (χ3n) is 3.18. The molecule has 3 aromatic rings. The van der Waals surface area contributed by atoms with Crippen LogP contribution in [0.1, 0.15) is 16.2 Å². The van der Waals surface area contributed by atoms with Gasteiger partial charge in [-0.2, -0.15) is 4.37 Å². The van der Waals surface area contributed by atoms with Crippen molar-refractivity contribution in [1.29, 1.82) is 0 Å². The average Bonchev–Trinajstić information content (AvgIpc) is 2.96. The Kier molecular flexibility index (Phi) is 4.04. The smallest absolute Gasteiger partial charge is 0.322 e. The Bertz CT molecular complexity index is 941. The summed E-state index contributed by atoms with van der Waals surface area (Å²) in [6.45, 7) is 1.17. The highest BCUT2D eigenvalue weighted by Crippen LogP contribution is 2.38. The first-order valence-corrected chi connectivity index (χ1v) is 7.51. The van der Waals surface area contributed by atoms with E-state index in [0.717, 1.165) is 11.5 Å². The van der Waals surface area contributed by atoms with Gasteiger partial charge in [-0.05, 0) is 18.5 Å². The number of nitrogens with zero attached hydrogens (tertiary/aromatic N) is 4. The number of pyridine rings is 1. The molecule has 3 aromatic heterocycles. The lowest BCUT2D eigenvalue weighted by atomic mass is 10.1. The summed E-state index contributed by atoms with van der Waals surface area (Å²) in [6.07, 6.45) is 4.46. The molecular formula is C14H11N5O4S. The number of aromatic hydroxyl groups is 1. The molecule has 24 heavy (non-hydrogen) atoms. The van der Waals surface area contributed by atoms with Crippen LogP contribution in [0.2, 0.25) is 0 Å². The number of aliphatic carboxylic acids is 1. The summed E-state index contributed by atoms with van der Waals surface area (Å²) in [5.74, 6) is -2.34. The van der Waals surface area contributed by atoms with Gasteiger partial charge in [0.05, 0.1) is 11.9 Å². The topological polar surface area (TPSA) is 138 Å². The highest BCUT2D eigenvalue weighted by molar-refractivity contribution is 7.14. The first-order valence-electron chi connectivity index (χ1n) is 6.74. The molecule has 0 aliphatic rings. The van der Waals surface area contributed by atoms with Gasteiger partial charge in [0.25, 0.3) is 5.91 Å². The standard InChI is InChI=1S/C14H11N5O4S/c1-6-9-10(7-4-15-2-3-16-7)18-11(12(22)13(9)24-19-6)14(23)17-5-8(20)21/h2-4,22H,5H2,1H3,(H,17,23)(H,20,21). The Hall–Kier alpha value is -3.14. The molecule has 0 aliphatic heterocycles. The highest BCUT2D eigenvalue weighted by atomic mass is 32.1. The second kappa shape index (κ2) is 6.16. The van der Waals surface area contributed by atoms with Crippen molar-refractivity contribution < 1.29 is 19.8 Å². The SMILES string of the molecule is Cc1nsc2c(O)c(C(=O)NCC(=O)O)nc(-c3cnccn3)c12. The van der Waals surface area contributed by atoms with Gasteiger partial charge in [-0.25, -0.2) is 4.98 Å². The quantitative estimate of drug-likeness (QED) is 0.636. The summed E-state index contributed by atoms with van der Waals surface area (Å²) in [5.41, 5.74) is 1.12. The van der Waals surface area contributed by atoms with Gasteiger partial charge in [0.2, 0.25) is 0 Å². The Morgan fingerprint density at radius 2 is 2.12 bits per heavy atom. The van der Waals surface area contributed by atoms with Crippen LogP contribution >= 0.6 is 11.5 Å². The summed E-state index contributed by atoms with van der Waals surface area (Å²) in [4.78, 5) is 35.1. The molecule has 0 fully saturated rings. The van der Waals surface area contributed by atoms with Gasteiger partial charge in [0.15, 0.2) is 11.4 Å². The van der Waals surface area contributed by atoms with Crippen molar-refractivity contribution in [3.05, 3.63) is 30.0 Å².